The standard InChI is InChI=1S/C11H9F3N4/c1-15-10-17-5-3-9(18-10)7-6-16-4-2-8(7)11(12,13)14/h2-6H,1H3,(H,15,17,18). The van der Waals surface area contributed by atoms with E-state index < -0.39 is 11.7 Å². The summed E-state index contributed by atoms with van der Waals surface area (Å²) in [4.78, 5) is 11.5. The molecule has 0 aromatic carbocycles. The van der Waals surface area contributed by atoms with E-state index in [0.717, 1.165) is 18.5 Å². The van der Waals surface area contributed by atoms with Crippen LogP contribution in [0.5, 0.6) is 0 Å². The summed E-state index contributed by atoms with van der Waals surface area (Å²) in [5.41, 5.74) is -0.656. The second kappa shape index (κ2) is 4.59. The normalized spacial score (nSPS) is 11.3. The monoisotopic (exact) mass is 254 g/mol. The average Bonchev–Trinajstić information content (AvgIpc) is 2.38. The molecule has 0 amide bonds. The highest BCUT2D eigenvalue weighted by Crippen LogP contribution is 2.35. The minimum Gasteiger partial charge on any atom is -0.357 e. The number of halogens is 3. The van der Waals surface area contributed by atoms with Gasteiger partial charge in [0, 0.05) is 31.2 Å². The number of rotatable bonds is 2. The molecule has 0 unspecified atom stereocenters. The molecule has 2 heterocycles. The van der Waals surface area contributed by atoms with Crippen molar-refractivity contribution in [2.24, 2.45) is 0 Å². The summed E-state index contributed by atoms with van der Waals surface area (Å²) < 4.78 is 38.5. The maximum atomic E-state index is 12.8. The predicted octanol–water partition coefficient (Wildman–Crippen LogP) is 2.60. The summed E-state index contributed by atoms with van der Waals surface area (Å²) in [5, 5.41) is 2.67. The maximum Gasteiger partial charge on any atom is 0.417 e. The second-order valence-corrected chi connectivity index (χ2v) is 3.43. The Hall–Kier alpha value is -2.18. The van der Waals surface area contributed by atoms with Gasteiger partial charge in [0.2, 0.25) is 5.95 Å². The molecule has 7 heteroatoms. The predicted molar refractivity (Wildman–Crippen MR) is 59.8 cm³/mol. The quantitative estimate of drug-likeness (QED) is 0.895. The van der Waals surface area contributed by atoms with Crippen LogP contribution in [-0.4, -0.2) is 22.0 Å². The van der Waals surface area contributed by atoms with E-state index in [1.165, 1.54) is 12.3 Å². The fraction of sp³-hybridized carbons (Fsp3) is 0.182. The maximum absolute atomic E-state index is 12.8. The van der Waals surface area contributed by atoms with Crippen molar-refractivity contribution < 1.29 is 13.2 Å². The third-order valence-corrected chi connectivity index (χ3v) is 2.28. The molecule has 0 saturated heterocycles. The fourth-order valence-electron chi connectivity index (χ4n) is 1.47. The molecule has 2 rings (SSSR count). The van der Waals surface area contributed by atoms with Crippen molar-refractivity contribution in [3.63, 3.8) is 0 Å². The van der Waals surface area contributed by atoms with E-state index in [0.29, 0.717) is 0 Å². The van der Waals surface area contributed by atoms with Crippen molar-refractivity contribution >= 4 is 5.95 Å². The van der Waals surface area contributed by atoms with Crippen molar-refractivity contribution in [1.82, 2.24) is 15.0 Å². The first-order chi connectivity index (χ1) is 8.52. The Morgan fingerprint density at radius 1 is 1.17 bits per heavy atom. The van der Waals surface area contributed by atoms with Gasteiger partial charge >= 0.3 is 6.18 Å². The van der Waals surface area contributed by atoms with Crippen LogP contribution >= 0.6 is 0 Å². The summed E-state index contributed by atoms with van der Waals surface area (Å²) >= 11 is 0. The minimum atomic E-state index is -4.44. The zero-order valence-corrected chi connectivity index (χ0v) is 9.36. The van der Waals surface area contributed by atoms with Gasteiger partial charge in [0.15, 0.2) is 0 Å². The van der Waals surface area contributed by atoms with E-state index in [1.54, 1.807) is 7.05 Å². The first-order valence-corrected chi connectivity index (χ1v) is 5.05. The molecule has 94 valence electrons. The van der Waals surface area contributed by atoms with Crippen LogP contribution in [0.2, 0.25) is 0 Å². The highest BCUT2D eigenvalue weighted by molar-refractivity contribution is 5.63. The van der Waals surface area contributed by atoms with Crippen LogP contribution in [0.15, 0.2) is 30.7 Å². The Labute approximate surface area is 101 Å². The summed E-state index contributed by atoms with van der Waals surface area (Å²) in [6, 6.07) is 2.34. The van der Waals surface area contributed by atoms with E-state index in [-0.39, 0.29) is 17.2 Å². The highest BCUT2D eigenvalue weighted by atomic mass is 19.4. The average molecular weight is 254 g/mol. The summed E-state index contributed by atoms with van der Waals surface area (Å²) in [5.74, 6) is 0.254. The zero-order valence-electron chi connectivity index (χ0n) is 9.36. The summed E-state index contributed by atoms with van der Waals surface area (Å²) in [6.45, 7) is 0. The molecule has 18 heavy (non-hydrogen) atoms. The second-order valence-electron chi connectivity index (χ2n) is 3.43. The lowest BCUT2D eigenvalue weighted by atomic mass is 10.1. The Morgan fingerprint density at radius 2 is 1.94 bits per heavy atom. The zero-order chi connectivity index (χ0) is 13.2. The molecule has 0 aliphatic heterocycles. The van der Waals surface area contributed by atoms with Crippen LogP contribution in [0, 0.1) is 0 Å². The largest absolute Gasteiger partial charge is 0.417 e. The molecule has 2 aromatic rings. The van der Waals surface area contributed by atoms with Crippen molar-refractivity contribution in [1.29, 1.82) is 0 Å². The third kappa shape index (κ3) is 2.39. The molecule has 0 aliphatic carbocycles. The van der Waals surface area contributed by atoms with E-state index >= 15 is 0 Å². The number of nitrogens with one attached hydrogen (secondary N) is 1. The molecular weight excluding hydrogens is 245 g/mol. The molecule has 4 nitrogen and oxygen atoms in total. The van der Waals surface area contributed by atoms with Gasteiger partial charge in [-0.05, 0) is 12.1 Å². The van der Waals surface area contributed by atoms with Crippen LogP contribution < -0.4 is 5.32 Å². The lowest BCUT2D eigenvalue weighted by Gasteiger charge is -2.11. The van der Waals surface area contributed by atoms with Gasteiger partial charge in [-0.25, -0.2) is 9.97 Å². The van der Waals surface area contributed by atoms with Gasteiger partial charge in [-0.3, -0.25) is 4.98 Å². The smallest absolute Gasteiger partial charge is 0.357 e. The van der Waals surface area contributed by atoms with Gasteiger partial charge in [0.1, 0.15) is 0 Å². The fourth-order valence-corrected chi connectivity index (χ4v) is 1.47. The third-order valence-electron chi connectivity index (χ3n) is 2.28. The lowest BCUT2D eigenvalue weighted by molar-refractivity contribution is -0.137. The Bertz CT molecular complexity index is 554. The van der Waals surface area contributed by atoms with E-state index in [1.807, 2.05) is 0 Å². The molecule has 0 fully saturated rings. The molecular formula is C11H9F3N4. The minimum absolute atomic E-state index is 0.0658. The van der Waals surface area contributed by atoms with Gasteiger partial charge in [0.25, 0.3) is 0 Å². The van der Waals surface area contributed by atoms with Crippen LogP contribution in [0.3, 0.4) is 0 Å². The number of pyridine rings is 1. The number of nitrogens with zero attached hydrogens (tertiary/aromatic N) is 3. The Morgan fingerprint density at radius 3 is 2.61 bits per heavy atom. The van der Waals surface area contributed by atoms with Gasteiger partial charge in [-0.1, -0.05) is 0 Å². The first-order valence-electron chi connectivity index (χ1n) is 5.05. The van der Waals surface area contributed by atoms with Crippen LogP contribution in [-0.2, 0) is 6.18 Å². The topological polar surface area (TPSA) is 50.7 Å². The van der Waals surface area contributed by atoms with E-state index in [9.17, 15) is 13.2 Å². The van der Waals surface area contributed by atoms with E-state index in [2.05, 4.69) is 20.3 Å². The van der Waals surface area contributed by atoms with Crippen molar-refractivity contribution in [3.8, 4) is 11.3 Å². The van der Waals surface area contributed by atoms with E-state index in [4.69, 9.17) is 0 Å². The van der Waals surface area contributed by atoms with Crippen molar-refractivity contribution in [2.45, 2.75) is 6.18 Å². The molecule has 0 spiro atoms. The van der Waals surface area contributed by atoms with Crippen LogP contribution in [0.1, 0.15) is 5.56 Å². The van der Waals surface area contributed by atoms with Crippen molar-refractivity contribution in [3.05, 3.63) is 36.3 Å². The molecule has 0 saturated carbocycles. The molecule has 0 aliphatic rings. The van der Waals surface area contributed by atoms with Crippen molar-refractivity contribution in [2.75, 3.05) is 12.4 Å². The molecule has 0 atom stereocenters. The number of alkyl halides is 3. The highest BCUT2D eigenvalue weighted by Gasteiger charge is 2.34. The Balaban J connectivity index is 2.57. The van der Waals surface area contributed by atoms with Gasteiger partial charge in [-0.15, -0.1) is 0 Å². The SMILES string of the molecule is CNc1nccc(-c2cnccc2C(F)(F)F)n1. The van der Waals surface area contributed by atoms with Gasteiger partial charge in [0.05, 0.1) is 11.3 Å². The molecule has 0 bridgehead atoms. The number of aromatic nitrogens is 3. The molecule has 0 radical (unpaired) electrons. The lowest BCUT2D eigenvalue weighted by Crippen LogP contribution is -2.08. The number of anilines is 1. The van der Waals surface area contributed by atoms with Gasteiger partial charge in [-0.2, -0.15) is 13.2 Å². The molecule has 1 N–H and O–H groups in total. The van der Waals surface area contributed by atoms with Crippen LogP contribution in [0.25, 0.3) is 11.3 Å². The summed E-state index contributed by atoms with van der Waals surface area (Å²) in [6.07, 6.45) is -0.804. The number of hydrogen-bond donors (Lipinski definition) is 1. The van der Waals surface area contributed by atoms with Gasteiger partial charge < -0.3 is 5.32 Å². The molecule has 2 aromatic heterocycles. The summed E-state index contributed by atoms with van der Waals surface area (Å²) in [7, 11) is 1.59. The van der Waals surface area contributed by atoms with Crippen LogP contribution in [0.4, 0.5) is 19.1 Å². The Kier molecular flexibility index (Phi) is 3.14. The first kappa shape index (κ1) is 12.3. The number of hydrogen-bond acceptors (Lipinski definition) is 4.